The Morgan fingerprint density at radius 2 is 2.24 bits per heavy atom. The van der Waals surface area contributed by atoms with Crippen molar-refractivity contribution >= 4 is 22.9 Å². The third-order valence-corrected chi connectivity index (χ3v) is 5.30. The molecule has 0 bridgehead atoms. The number of rotatable bonds is 2. The molecule has 0 spiro atoms. The highest BCUT2D eigenvalue weighted by atomic mass is 35.5. The van der Waals surface area contributed by atoms with Gasteiger partial charge in [-0.3, -0.25) is 4.90 Å². The quantitative estimate of drug-likeness (QED) is 0.893. The molecule has 1 saturated heterocycles. The van der Waals surface area contributed by atoms with Gasteiger partial charge in [0.05, 0.1) is 4.34 Å². The van der Waals surface area contributed by atoms with E-state index in [-0.39, 0.29) is 5.41 Å². The molecule has 1 fully saturated rings. The van der Waals surface area contributed by atoms with Crippen molar-refractivity contribution in [2.24, 2.45) is 11.1 Å². The van der Waals surface area contributed by atoms with Crippen LogP contribution in [0, 0.1) is 5.41 Å². The molecule has 1 aromatic rings. The molecule has 2 unspecified atom stereocenters. The summed E-state index contributed by atoms with van der Waals surface area (Å²) in [4.78, 5) is 3.87. The molecule has 1 aliphatic heterocycles. The summed E-state index contributed by atoms with van der Waals surface area (Å²) in [6.07, 6.45) is 1.08. The molecule has 0 aromatic carbocycles. The van der Waals surface area contributed by atoms with E-state index in [0.717, 1.165) is 23.8 Å². The molecule has 0 amide bonds. The van der Waals surface area contributed by atoms with Gasteiger partial charge in [0.1, 0.15) is 0 Å². The van der Waals surface area contributed by atoms with E-state index in [2.05, 4.69) is 31.7 Å². The lowest BCUT2D eigenvalue weighted by Gasteiger charge is -2.44. The smallest absolute Gasteiger partial charge is 0.0931 e. The van der Waals surface area contributed by atoms with Gasteiger partial charge >= 0.3 is 0 Å². The van der Waals surface area contributed by atoms with Gasteiger partial charge in [-0.05, 0) is 30.9 Å². The first-order valence-electron chi connectivity index (χ1n) is 6.15. The van der Waals surface area contributed by atoms with Crippen molar-refractivity contribution in [1.82, 2.24) is 4.90 Å². The van der Waals surface area contributed by atoms with E-state index in [1.54, 1.807) is 11.3 Å². The van der Waals surface area contributed by atoms with Gasteiger partial charge in [-0.25, -0.2) is 0 Å². The maximum absolute atomic E-state index is 6.17. The average molecular weight is 273 g/mol. The third kappa shape index (κ3) is 2.84. The van der Waals surface area contributed by atoms with Crippen molar-refractivity contribution in [3.05, 3.63) is 21.3 Å². The van der Waals surface area contributed by atoms with Crippen LogP contribution in [0.5, 0.6) is 0 Å². The summed E-state index contributed by atoms with van der Waals surface area (Å²) in [5.41, 5.74) is 6.37. The first-order chi connectivity index (χ1) is 7.90. The Morgan fingerprint density at radius 1 is 1.53 bits per heavy atom. The lowest BCUT2D eigenvalue weighted by molar-refractivity contribution is 0.0675. The number of thiophene rings is 1. The molecule has 0 aliphatic carbocycles. The van der Waals surface area contributed by atoms with Gasteiger partial charge in [0.2, 0.25) is 0 Å². The molecule has 2 nitrogen and oxygen atoms in total. The van der Waals surface area contributed by atoms with E-state index in [4.69, 9.17) is 17.3 Å². The number of nitrogens with zero attached hydrogens (tertiary/aromatic N) is 1. The molecule has 0 saturated carbocycles. The summed E-state index contributed by atoms with van der Waals surface area (Å²) < 4.78 is 0.875. The molecule has 2 heterocycles. The Kier molecular flexibility index (Phi) is 3.83. The Balaban J connectivity index is 2.08. The Morgan fingerprint density at radius 3 is 2.76 bits per heavy atom. The van der Waals surface area contributed by atoms with E-state index < -0.39 is 0 Å². The van der Waals surface area contributed by atoms with Crippen LogP contribution in [0.2, 0.25) is 4.34 Å². The summed E-state index contributed by atoms with van der Waals surface area (Å²) in [6, 6.07) is 4.88. The van der Waals surface area contributed by atoms with Crippen LogP contribution < -0.4 is 5.73 Å². The fraction of sp³-hybridized carbons (Fsp3) is 0.692. The van der Waals surface area contributed by atoms with Crippen molar-refractivity contribution in [3.8, 4) is 0 Å². The predicted molar refractivity (Wildman–Crippen MR) is 75.7 cm³/mol. The minimum atomic E-state index is 0.202. The molecule has 2 N–H and O–H groups in total. The van der Waals surface area contributed by atoms with Crippen LogP contribution in [0.4, 0.5) is 0 Å². The maximum Gasteiger partial charge on any atom is 0.0931 e. The van der Waals surface area contributed by atoms with Crippen molar-refractivity contribution < 1.29 is 0 Å². The minimum Gasteiger partial charge on any atom is -0.327 e. The van der Waals surface area contributed by atoms with E-state index >= 15 is 0 Å². The number of nitrogens with two attached hydrogens (primary N) is 1. The number of piperidine rings is 1. The van der Waals surface area contributed by atoms with E-state index in [1.807, 2.05) is 6.07 Å². The highest BCUT2D eigenvalue weighted by Crippen LogP contribution is 2.35. The monoisotopic (exact) mass is 272 g/mol. The average Bonchev–Trinajstić information content (AvgIpc) is 2.68. The van der Waals surface area contributed by atoms with E-state index in [1.165, 1.54) is 4.88 Å². The molecule has 1 aliphatic rings. The van der Waals surface area contributed by atoms with Crippen molar-refractivity contribution in [3.63, 3.8) is 0 Å². The van der Waals surface area contributed by atoms with Crippen LogP contribution in [0.25, 0.3) is 0 Å². The second-order valence-electron chi connectivity index (χ2n) is 5.67. The molecule has 4 heteroatoms. The third-order valence-electron chi connectivity index (χ3n) is 3.90. The van der Waals surface area contributed by atoms with Crippen LogP contribution in [0.1, 0.15) is 38.1 Å². The largest absolute Gasteiger partial charge is 0.327 e. The van der Waals surface area contributed by atoms with Gasteiger partial charge < -0.3 is 5.73 Å². The normalized spacial score (nSPS) is 27.0. The maximum atomic E-state index is 6.17. The zero-order valence-electron chi connectivity index (χ0n) is 10.7. The Hall–Kier alpha value is -0.0900. The topological polar surface area (TPSA) is 29.3 Å². The zero-order chi connectivity index (χ0) is 12.6. The van der Waals surface area contributed by atoms with Crippen molar-refractivity contribution in [2.75, 3.05) is 13.1 Å². The standard InChI is InChI=1S/C13H21ClN2S/c1-9(10-4-5-12(14)17-10)16-7-6-11(15)13(2,3)8-16/h4-5,9,11H,6-8,15H2,1-3H3. The minimum absolute atomic E-state index is 0.202. The van der Waals surface area contributed by atoms with Gasteiger partial charge in [0, 0.05) is 30.1 Å². The van der Waals surface area contributed by atoms with E-state index in [9.17, 15) is 0 Å². The van der Waals surface area contributed by atoms with Gasteiger partial charge in [-0.15, -0.1) is 11.3 Å². The lowest BCUT2D eigenvalue weighted by atomic mass is 9.79. The number of likely N-dealkylation sites (tertiary alicyclic amines) is 1. The second kappa shape index (κ2) is 4.88. The van der Waals surface area contributed by atoms with E-state index in [0.29, 0.717) is 12.1 Å². The molecule has 96 valence electrons. The fourth-order valence-electron chi connectivity index (χ4n) is 2.48. The van der Waals surface area contributed by atoms with Crippen LogP contribution in [-0.4, -0.2) is 24.0 Å². The summed E-state index contributed by atoms with van der Waals surface area (Å²) in [6.45, 7) is 8.93. The van der Waals surface area contributed by atoms with Crippen LogP contribution in [0.15, 0.2) is 12.1 Å². The highest BCUT2D eigenvalue weighted by molar-refractivity contribution is 7.16. The second-order valence-corrected chi connectivity index (χ2v) is 7.42. The molecular weight excluding hydrogens is 252 g/mol. The van der Waals surface area contributed by atoms with Gasteiger partial charge in [-0.2, -0.15) is 0 Å². The number of hydrogen-bond acceptors (Lipinski definition) is 3. The molecular formula is C13H21ClN2S. The Labute approximate surface area is 113 Å². The molecule has 1 aromatic heterocycles. The Bertz CT molecular complexity index is 389. The van der Waals surface area contributed by atoms with Gasteiger partial charge in [0.25, 0.3) is 0 Å². The summed E-state index contributed by atoms with van der Waals surface area (Å²) >= 11 is 7.69. The summed E-state index contributed by atoms with van der Waals surface area (Å²) in [5.74, 6) is 0. The SMILES string of the molecule is CC(c1ccc(Cl)s1)N1CCC(N)C(C)(C)C1. The predicted octanol–water partition coefficient (Wildman–Crippen LogP) is 3.52. The molecule has 2 rings (SSSR count). The first kappa shape index (κ1) is 13.3. The highest BCUT2D eigenvalue weighted by Gasteiger charge is 2.35. The van der Waals surface area contributed by atoms with Crippen LogP contribution in [0.3, 0.4) is 0 Å². The van der Waals surface area contributed by atoms with Crippen LogP contribution >= 0.6 is 22.9 Å². The molecule has 17 heavy (non-hydrogen) atoms. The van der Waals surface area contributed by atoms with Gasteiger partial charge in [-0.1, -0.05) is 25.4 Å². The lowest BCUT2D eigenvalue weighted by Crippen LogP contribution is -2.52. The summed E-state index contributed by atoms with van der Waals surface area (Å²) in [5, 5.41) is 0. The van der Waals surface area contributed by atoms with Crippen molar-refractivity contribution in [1.29, 1.82) is 0 Å². The first-order valence-corrected chi connectivity index (χ1v) is 7.34. The zero-order valence-corrected chi connectivity index (χ0v) is 12.3. The van der Waals surface area contributed by atoms with Gasteiger partial charge in [0.15, 0.2) is 0 Å². The molecule has 0 radical (unpaired) electrons. The summed E-state index contributed by atoms with van der Waals surface area (Å²) in [7, 11) is 0. The number of halogens is 1. The number of hydrogen-bond donors (Lipinski definition) is 1. The fourth-order valence-corrected chi connectivity index (χ4v) is 3.63. The van der Waals surface area contributed by atoms with Crippen LogP contribution in [-0.2, 0) is 0 Å². The van der Waals surface area contributed by atoms with Crippen molar-refractivity contribution in [2.45, 2.75) is 39.3 Å². The molecule has 2 atom stereocenters.